The molecule has 0 saturated carbocycles. The maximum absolute atomic E-state index is 12.1. The number of ether oxygens (including phenoxy) is 1. The second-order valence-corrected chi connectivity index (χ2v) is 4.55. The number of hydrogen-bond donors (Lipinski definition) is 2. The molecule has 0 amide bonds. The zero-order chi connectivity index (χ0) is 12.7. The molecule has 0 unspecified atom stereocenters. The predicted molar refractivity (Wildman–Crippen MR) is 60.7 cm³/mol. The van der Waals surface area contributed by atoms with Gasteiger partial charge in [0, 0.05) is 6.54 Å². The predicted octanol–water partition coefficient (Wildman–Crippen LogP) is 1.31. The highest BCUT2D eigenvalue weighted by Crippen LogP contribution is 2.07. The summed E-state index contributed by atoms with van der Waals surface area (Å²) in [6, 6.07) is 8.82. The first-order chi connectivity index (χ1) is 8.04. The van der Waals surface area contributed by atoms with Gasteiger partial charge in [-0.2, -0.15) is 8.42 Å². The van der Waals surface area contributed by atoms with Crippen LogP contribution in [0.1, 0.15) is 0 Å². The van der Waals surface area contributed by atoms with Gasteiger partial charge >= 0.3 is 0 Å². The number of rotatable bonds is 6. The molecule has 0 heterocycles. The highest BCUT2D eigenvalue weighted by atomic mass is 32.2. The summed E-state index contributed by atoms with van der Waals surface area (Å²) in [6.07, 6.45) is -0.162. The zero-order valence-electron chi connectivity index (χ0n) is 8.84. The maximum atomic E-state index is 12.1. The highest BCUT2D eigenvalue weighted by Gasteiger charge is 2.13. The number of benzene rings is 1. The van der Waals surface area contributed by atoms with Crippen LogP contribution in [0.5, 0.6) is 5.75 Å². The smallest absolute Gasteiger partial charge is 0.294 e. The van der Waals surface area contributed by atoms with Crippen molar-refractivity contribution in [3.05, 3.63) is 41.6 Å². The highest BCUT2D eigenvalue weighted by molar-refractivity contribution is 7.89. The van der Waals surface area contributed by atoms with E-state index in [-0.39, 0.29) is 19.6 Å². The monoisotopic (exact) mass is 261 g/mol. The number of hydrogen-bond acceptors (Lipinski definition) is 4. The van der Waals surface area contributed by atoms with Crippen LogP contribution in [0.3, 0.4) is 0 Å². The molecule has 1 rings (SSSR count). The second-order valence-electron chi connectivity index (χ2n) is 3.08. The van der Waals surface area contributed by atoms with Crippen molar-refractivity contribution in [3.63, 3.8) is 0 Å². The van der Waals surface area contributed by atoms with Gasteiger partial charge in [0.15, 0.2) is 0 Å². The van der Waals surface area contributed by atoms with Gasteiger partial charge in [-0.3, -0.25) is 9.87 Å². The van der Waals surface area contributed by atoms with Crippen LogP contribution in [0.4, 0.5) is 4.39 Å². The van der Waals surface area contributed by atoms with Crippen LogP contribution >= 0.6 is 0 Å². The van der Waals surface area contributed by atoms with Crippen LogP contribution < -0.4 is 10.1 Å². The maximum Gasteiger partial charge on any atom is 0.294 e. The van der Waals surface area contributed by atoms with Gasteiger partial charge in [0.1, 0.15) is 23.7 Å². The van der Waals surface area contributed by atoms with Crippen LogP contribution in [0, 0.1) is 0 Å². The molecule has 1 aromatic carbocycles. The van der Waals surface area contributed by atoms with Crippen LogP contribution in [-0.4, -0.2) is 26.2 Å². The summed E-state index contributed by atoms with van der Waals surface area (Å²) in [5, 5.41) is 2.52. The molecule has 94 valence electrons. The molecule has 0 saturated heterocycles. The lowest BCUT2D eigenvalue weighted by Gasteiger charge is -2.07. The van der Waals surface area contributed by atoms with E-state index in [2.05, 4.69) is 5.32 Å². The minimum Gasteiger partial charge on any atom is -0.478 e. The molecule has 2 N–H and O–H groups in total. The minimum atomic E-state index is -4.49. The topological polar surface area (TPSA) is 75.6 Å². The summed E-state index contributed by atoms with van der Waals surface area (Å²) in [4.78, 5) is -0.742. The van der Waals surface area contributed by atoms with E-state index in [1.54, 1.807) is 24.3 Å². The molecule has 0 atom stereocenters. The summed E-state index contributed by atoms with van der Waals surface area (Å²) in [5.41, 5.74) is 0. The third kappa shape index (κ3) is 4.94. The number of para-hydroxylation sites is 1. The Morgan fingerprint density at radius 2 is 2.06 bits per heavy atom. The lowest BCUT2D eigenvalue weighted by molar-refractivity contribution is 0.289. The van der Waals surface area contributed by atoms with E-state index in [1.807, 2.05) is 6.07 Å². The van der Waals surface area contributed by atoms with E-state index in [0.717, 1.165) is 0 Å². The fraction of sp³-hybridized carbons (Fsp3) is 0.200. The van der Waals surface area contributed by atoms with Gasteiger partial charge in [-0.15, -0.1) is 0 Å². The summed E-state index contributed by atoms with van der Waals surface area (Å²) >= 11 is 0. The van der Waals surface area contributed by atoms with Gasteiger partial charge < -0.3 is 4.74 Å². The Balaban J connectivity index is 2.34. The number of halogens is 1. The molecule has 1 aromatic rings. The molecule has 0 aliphatic carbocycles. The molecule has 0 aromatic heterocycles. The zero-order valence-corrected chi connectivity index (χ0v) is 9.65. The normalized spacial score (nSPS) is 12.5. The molecule has 0 aliphatic heterocycles. The van der Waals surface area contributed by atoms with Crippen molar-refractivity contribution >= 4 is 10.1 Å². The van der Waals surface area contributed by atoms with E-state index < -0.39 is 15.0 Å². The first-order valence-corrected chi connectivity index (χ1v) is 6.13. The molecular formula is C10H12FNO4S. The fourth-order valence-corrected chi connectivity index (χ4v) is 1.41. The molecule has 0 spiro atoms. The minimum absolute atomic E-state index is 0.00310. The average Bonchev–Trinajstić information content (AvgIpc) is 2.28. The van der Waals surface area contributed by atoms with Crippen LogP contribution in [0.25, 0.3) is 0 Å². The Morgan fingerprint density at radius 1 is 1.41 bits per heavy atom. The van der Waals surface area contributed by atoms with Gasteiger partial charge in [0.05, 0.1) is 0 Å². The summed E-state index contributed by atoms with van der Waals surface area (Å²) in [5.74, 6) is 0.595. The Bertz CT molecular complexity index is 472. The van der Waals surface area contributed by atoms with Gasteiger partial charge in [-0.25, -0.2) is 4.39 Å². The third-order valence-electron chi connectivity index (χ3n) is 1.84. The van der Waals surface area contributed by atoms with Crippen molar-refractivity contribution in [1.29, 1.82) is 0 Å². The molecule has 0 bridgehead atoms. The average molecular weight is 261 g/mol. The first kappa shape index (κ1) is 13.6. The SMILES string of the molecule is O=S(=O)(O)/C(=C/F)CNCOc1ccccc1. The van der Waals surface area contributed by atoms with Crippen LogP contribution in [-0.2, 0) is 10.1 Å². The van der Waals surface area contributed by atoms with E-state index in [9.17, 15) is 12.8 Å². The Morgan fingerprint density at radius 3 is 2.59 bits per heavy atom. The lowest BCUT2D eigenvalue weighted by atomic mass is 10.3. The van der Waals surface area contributed by atoms with Gasteiger partial charge in [-0.1, -0.05) is 18.2 Å². The number of nitrogens with one attached hydrogen (secondary N) is 1. The third-order valence-corrected chi connectivity index (χ3v) is 2.73. The quantitative estimate of drug-likeness (QED) is 0.459. The van der Waals surface area contributed by atoms with E-state index in [4.69, 9.17) is 9.29 Å². The lowest BCUT2D eigenvalue weighted by Crippen LogP contribution is -2.25. The second kappa shape index (κ2) is 6.33. The van der Waals surface area contributed by atoms with E-state index in [0.29, 0.717) is 5.75 Å². The first-order valence-electron chi connectivity index (χ1n) is 4.69. The largest absolute Gasteiger partial charge is 0.478 e. The Kier molecular flexibility index (Phi) is 5.08. The molecule has 0 radical (unpaired) electrons. The summed E-state index contributed by atoms with van der Waals surface area (Å²) in [7, 11) is -4.49. The van der Waals surface area contributed by atoms with Crippen molar-refractivity contribution in [1.82, 2.24) is 5.32 Å². The molecular weight excluding hydrogens is 249 g/mol. The van der Waals surface area contributed by atoms with Crippen LogP contribution in [0.2, 0.25) is 0 Å². The summed E-state index contributed by atoms with van der Waals surface area (Å²) in [6.45, 7) is -0.348. The standard InChI is InChI=1S/C10H12FNO4S/c11-6-10(17(13,14)15)7-12-8-16-9-4-2-1-3-5-9/h1-6,12H,7-8H2,(H,13,14,15)/b10-6+. The Hall–Kier alpha value is -1.44. The molecule has 17 heavy (non-hydrogen) atoms. The van der Waals surface area contributed by atoms with Crippen molar-refractivity contribution in [2.75, 3.05) is 13.3 Å². The van der Waals surface area contributed by atoms with Crippen molar-refractivity contribution in [3.8, 4) is 5.75 Å². The van der Waals surface area contributed by atoms with Gasteiger partial charge in [0.2, 0.25) is 0 Å². The van der Waals surface area contributed by atoms with Crippen molar-refractivity contribution in [2.24, 2.45) is 0 Å². The molecule has 7 heteroatoms. The van der Waals surface area contributed by atoms with Gasteiger partial charge in [0.25, 0.3) is 10.1 Å². The summed E-state index contributed by atoms with van der Waals surface area (Å²) < 4.78 is 47.1. The fourth-order valence-electron chi connectivity index (χ4n) is 1.01. The Labute approximate surface area is 98.7 Å². The molecule has 5 nitrogen and oxygen atoms in total. The molecule has 0 fully saturated rings. The van der Waals surface area contributed by atoms with Gasteiger partial charge in [-0.05, 0) is 12.1 Å². The van der Waals surface area contributed by atoms with Crippen molar-refractivity contribution in [2.45, 2.75) is 0 Å². The van der Waals surface area contributed by atoms with E-state index >= 15 is 0 Å². The van der Waals surface area contributed by atoms with Crippen molar-refractivity contribution < 1.29 is 22.1 Å². The van der Waals surface area contributed by atoms with Crippen LogP contribution in [0.15, 0.2) is 41.6 Å². The van der Waals surface area contributed by atoms with E-state index in [1.165, 1.54) is 0 Å². The molecule has 0 aliphatic rings.